The molecule has 0 bridgehead atoms. The molecule has 5 nitrogen and oxygen atoms in total. The summed E-state index contributed by atoms with van der Waals surface area (Å²) in [4.78, 5) is 25.3. The zero-order chi connectivity index (χ0) is 16.1. The van der Waals surface area contributed by atoms with E-state index in [1.54, 1.807) is 11.3 Å². The van der Waals surface area contributed by atoms with Gasteiger partial charge in [0, 0.05) is 17.5 Å². The Bertz CT molecular complexity index is 528. The fourth-order valence-electron chi connectivity index (χ4n) is 3.08. The van der Waals surface area contributed by atoms with Crippen LogP contribution in [-0.2, 0) is 11.2 Å². The molecule has 3 N–H and O–H groups in total. The average Bonchev–Trinajstić information content (AvgIpc) is 3.23. The Morgan fingerprint density at radius 2 is 1.83 bits per heavy atom. The van der Waals surface area contributed by atoms with Crippen molar-refractivity contribution in [2.45, 2.75) is 57.0 Å². The van der Waals surface area contributed by atoms with Gasteiger partial charge in [0.1, 0.15) is 0 Å². The van der Waals surface area contributed by atoms with Gasteiger partial charge in [-0.25, -0.2) is 4.79 Å². The van der Waals surface area contributed by atoms with Crippen LogP contribution in [0.15, 0.2) is 17.5 Å². The second kappa shape index (κ2) is 7.81. The highest BCUT2D eigenvalue weighted by atomic mass is 32.1. The van der Waals surface area contributed by atoms with Crippen LogP contribution in [0.5, 0.6) is 0 Å². The van der Waals surface area contributed by atoms with Crippen molar-refractivity contribution < 1.29 is 9.59 Å². The second-order valence-electron chi connectivity index (χ2n) is 6.62. The first-order valence-corrected chi connectivity index (χ1v) is 9.45. The Balaban J connectivity index is 1.46. The van der Waals surface area contributed by atoms with E-state index in [0.717, 1.165) is 37.1 Å². The molecule has 0 aromatic carbocycles. The van der Waals surface area contributed by atoms with Crippen LogP contribution >= 0.6 is 11.3 Å². The molecule has 0 radical (unpaired) electrons. The molecular formula is C17H25N3O2S. The quantitative estimate of drug-likeness (QED) is 0.747. The highest BCUT2D eigenvalue weighted by Gasteiger charge is 2.28. The van der Waals surface area contributed by atoms with Crippen molar-refractivity contribution in [3.8, 4) is 0 Å². The number of thiophene rings is 1. The minimum absolute atomic E-state index is 0.0373. The fraction of sp³-hybridized carbons (Fsp3) is 0.647. The Hall–Kier alpha value is -1.56. The van der Waals surface area contributed by atoms with Crippen molar-refractivity contribution in [3.63, 3.8) is 0 Å². The maximum atomic E-state index is 12.2. The number of amides is 3. The Morgan fingerprint density at radius 1 is 1.09 bits per heavy atom. The predicted octanol–water partition coefficient (Wildman–Crippen LogP) is 2.43. The van der Waals surface area contributed by atoms with Crippen LogP contribution in [0.4, 0.5) is 4.79 Å². The molecule has 2 unspecified atom stereocenters. The van der Waals surface area contributed by atoms with Crippen LogP contribution in [0, 0.1) is 5.92 Å². The molecule has 3 amide bonds. The summed E-state index contributed by atoms with van der Waals surface area (Å²) >= 11 is 1.60. The predicted molar refractivity (Wildman–Crippen MR) is 91.5 cm³/mol. The lowest BCUT2D eigenvalue weighted by molar-refractivity contribution is -0.121. The Morgan fingerprint density at radius 3 is 2.48 bits per heavy atom. The molecule has 0 spiro atoms. The molecule has 126 valence electrons. The molecule has 0 aliphatic heterocycles. The average molecular weight is 335 g/mol. The van der Waals surface area contributed by atoms with Gasteiger partial charge >= 0.3 is 6.03 Å². The lowest BCUT2D eigenvalue weighted by Crippen LogP contribution is -2.55. The number of carbonyl (C=O) groups excluding carboxylic acids is 2. The van der Waals surface area contributed by atoms with Gasteiger partial charge in [0.25, 0.3) is 0 Å². The molecule has 2 fully saturated rings. The number of hydrogen-bond donors (Lipinski definition) is 3. The molecule has 2 aliphatic rings. The maximum absolute atomic E-state index is 12.2. The van der Waals surface area contributed by atoms with Crippen molar-refractivity contribution in [1.82, 2.24) is 16.0 Å². The molecular weight excluding hydrogens is 310 g/mol. The fourth-order valence-corrected chi connectivity index (χ4v) is 3.79. The SMILES string of the molecule is O=C(Cc1cccs1)NC1CCCCC1NC(=O)NCC1CC1. The van der Waals surface area contributed by atoms with E-state index >= 15 is 0 Å². The molecule has 1 aromatic heterocycles. The van der Waals surface area contributed by atoms with Crippen molar-refractivity contribution >= 4 is 23.3 Å². The van der Waals surface area contributed by atoms with E-state index in [1.165, 1.54) is 12.8 Å². The number of urea groups is 1. The molecule has 2 aliphatic carbocycles. The molecule has 23 heavy (non-hydrogen) atoms. The zero-order valence-electron chi connectivity index (χ0n) is 13.3. The Labute approximate surface area is 141 Å². The van der Waals surface area contributed by atoms with Crippen LogP contribution in [0.3, 0.4) is 0 Å². The minimum Gasteiger partial charge on any atom is -0.351 e. The van der Waals surface area contributed by atoms with E-state index in [4.69, 9.17) is 0 Å². The third-order valence-electron chi connectivity index (χ3n) is 4.59. The molecule has 2 atom stereocenters. The number of carbonyl (C=O) groups is 2. The minimum atomic E-state index is -0.0960. The molecule has 1 aromatic rings. The van der Waals surface area contributed by atoms with Crippen molar-refractivity contribution in [3.05, 3.63) is 22.4 Å². The first-order valence-electron chi connectivity index (χ1n) is 8.57. The monoisotopic (exact) mass is 335 g/mol. The third kappa shape index (κ3) is 5.23. The first kappa shape index (κ1) is 16.3. The molecule has 3 rings (SSSR count). The van der Waals surface area contributed by atoms with Crippen molar-refractivity contribution in [2.75, 3.05) is 6.54 Å². The molecule has 6 heteroatoms. The summed E-state index contributed by atoms with van der Waals surface area (Å²) in [7, 11) is 0. The van der Waals surface area contributed by atoms with Crippen LogP contribution in [0.2, 0.25) is 0 Å². The zero-order valence-corrected chi connectivity index (χ0v) is 14.2. The Kier molecular flexibility index (Phi) is 5.54. The number of nitrogens with one attached hydrogen (secondary N) is 3. The third-order valence-corrected chi connectivity index (χ3v) is 5.47. The topological polar surface area (TPSA) is 70.2 Å². The maximum Gasteiger partial charge on any atom is 0.315 e. The van der Waals surface area contributed by atoms with E-state index < -0.39 is 0 Å². The van der Waals surface area contributed by atoms with Crippen molar-refractivity contribution in [1.29, 1.82) is 0 Å². The number of hydrogen-bond acceptors (Lipinski definition) is 3. The van der Waals surface area contributed by atoms with Crippen LogP contribution in [0.25, 0.3) is 0 Å². The van der Waals surface area contributed by atoms with Crippen LogP contribution in [-0.4, -0.2) is 30.6 Å². The second-order valence-corrected chi connectivity index (χ2v) is 7.65. The standard InChI is InChI=1S/C17H25N3O2S/c21-16(10-13-4-3-9-23-13)19-14-5-1-2-6-15(14)20-17(22)18-11-12-7-8-12/h3-4,9,12,14-15H,1-2,5-8,10-11H2,(H,19,21)(H2,18,20,22). The van der Waals surface area contributed by atoms with Gasteiger partial charge in [0.2, 0.25) is 5.91 Å². The van der Waals surface area contributed by atoms with Gasteiger partial charge in [-0.2, -0.15) is 0 Å². The van der Waals surface area contributed by atoms with Crippen LogP contribution < -0.4 is 16.0 Å². The van der Waals surface area contributed by atoms with E-state index in [0.29, 0.717) is 12.3 Å². The highest BCUT2D eigenvalue weighted by molar-refractivity contribution is 7.10. The van der Waals surface area contributed by atoms with Gasteiger partial charge in [-0.15, -0.1) is 11.3 Å². The van der Waals surface area contributed by atoms with Gasteiger partial charge in [-0.3, -0.25) is 4.79 Å². The molecule has 0 saturated heterocycles. The van der Waals surface area contributed by atoms with Gasteiger partial charge in [0.05, 0.1) is 12.5 Å². The largest absolute Gasteiger partial charge is 0.351 e. The first-order chi connectivity index (χ1) is 11.2. The normalized spacial score (nSPS) is 24.0. The summed E-state index contributed by atoms with van der Waals surface area (Å²) in [6.45, 7) is 0.772. The van der Waals surface area contributed by atoms with Gasteiger partial charge in [-0.05, 0) is 43.0 Å². The van der Waals surface area contributed by atoms with Crippen LogP contribution in [0.1, 0.15) is 43.4 Å². The smallest absolute Gasteiger partial charge is 0.315 e. The summed E-state index contributed by atoms with van der Waals surface area (Å²) in [5.74, 6) is 0.720. The number of rotatable bonds is 6. The van der Waals surface area contributed by atoms with E-state index in [1.807, 2.05) is 17.5 Å². The van der Waals surface area contributed by atoms with E-state index in [-0.39, 0.29) is 24.0 Å². The lowest BCUT2D eigenvalue weighted by Gasteiger charge is -2.32. The van der Waals surface area contributed by atoms with Crippen molar-refractivity contribution in [2.24, 2.45) is 5.92 Å². The molecule has 1 heterocycles. The van der Waals surface area contributed by atoms with E-state index in [2.05, 4.69) is 16.0 Å². The summed E-state index contributed by atoms with van der Waals surface area (Å²) in [6, 6.07) is 3.92. The van der Waals surface area contributed by atoms with E-state index in [9.17, 15) is 9.59 Å². The molecule has 2 saturated carbocycles. The summed E-state index contributed by atoms with van der Waals surface area (Å²) in [5, 5.41) is 11.1. The van der Waals surface area contributed by atoms with Gasteiger partial charge in [0.15, 0.2) is 0 Å². The summed E-state index contributed by atoms with van der Waals surface area (Å²) in [5.41, 5.74) is 0. The summed E-state index contributed by atoms with van der Waals surface area (Å²) in [6.07, 6.45) is 6.95. The van der Waals surface area contributed by atoms with Gasteiger partial charge in [-0.1, -0.05) is 18.9 Å². The lowest BCUT2D eigenvalue weighted by atomic mass is 9.90. The van der Waals surface area contributed by atoms with Gasteiger partial charge < -0.3 is 16.0 Å². The highest BCUT2D eigenvalue weighted by Crippen LogP contribution is 2.27. The summed E-state index contributed by atoms with van der Waals surface area (Å²) < 4.78 is 0.